The van der Waals surface area contributed by atoms with Crippen LogP contribution in [0.3, 0.4) is 0 Å². The van der Waals surface area contributed by atoms with Crippen molar-refractivity contribution in [1.29, 1.82) is 0 Å². The number of rotatable bonds is 6. The Hall–Kier alpha value is -3.30. The lowest BCUT2D eigenvalue weighted by atomic mass is 10.1. The summed E-state index contributed by atoms with van der Waals surface area (Å²) >= 11 is 0. The van der Waals surface area contributed by atoms with Crippen LogP contribution in [0.5, 0.6) is 0 Å². The number of primary sulfonamides is 1. The molecule has 0 aliphatic carbocycles. The molecule has 0 saturated heterocycles. The second-order valence-corrected chi connectivity index (χ2v) is 8.11. The maximum Gasteiger partial charge on any atom is 0.251 e. The lowest BCUT2D eigenvalue weighted by Gasteiger charge is -2.09. The Morgan fingerprint density at radius 3 is 2.28 bits per heavy atom. The van der Waals surface area contributed by atoms with E-state index in [-0.39, 0.29) is 17.3 Å². The van der Waals surface area contributed by atoms with Crippen LogP contribution >= 0.6 is 0 Å². The first kappa shape index (κ1) is 20.4. The Bertz CT molecular complexity index is 1120. The molecular formula is C20H21N5O3S. The highest BCUT2D eigenvalue weighted by Crippen LogP contribution is 2.16. The smallest absolute Gasteiger partial charge is 0.251 e. The molecule has 3 rings (SSSR count). The van der Waals surface area contributed by atoms with Crippen LogP contribution in [0, 0.1) is 13.8 Å². The van der Waals surface area contributed by atoms with E-state index in [4.69, 9.17) is 5.14 Å². The Morgan fingerprint density at radius 2 is 1.66 bits per heavy atom. The first-order valence-corrected chi connectivity index (χ1v) is 10.3. The third-order valence-corrected chi connectivity index (χ3v) is 5.00. The molecule has 9 heteroatoms. The molecular weight excluding hydrogens is 390 g/mol. The maximum atomic E-state index is 12.5. The fraction of sp³-hybridized carbons (Fsp3) is 0.150. The third kappa shape index (κ3) is 5.59. The molecule has 0 spiro atoms. The third-order valence-electron chi connectivity index (χ3n) is 4.07. The van der Waals surface area contributed by atoms with Crippen molar-refractivity contribution in [3.8, 4) is 0 Å². The number of hydrogen-bond acceptors (Lipinski definition) is 6. The van der Waals surface area contributed by atoms with E-state index in [1.807, 2.05) is 26.0 Å². The van der Waals surface area contributed by atoms with E-state index in [0.717, 1.165) is 17.0 Å². The van der Waals surface area contributed by atoms with Gasteiger partial charge in [-0.1, -0.05) is 18.2 Å². The van der Waals surface area contributed by atoms with Gasteiger partial charge in [0.25, 0.3) is 5.91 Å². The zero-order valence-corrected chi connectivity index (χ0v) is 16.8. The zero-order valence-electron chi connectivity index (χ0n) is 16.0. The molecule has 1 amide bonds. The molecule has 0 unspecified atom stereocenters. The normalized spacial score (nSPS) is 11.1. The van der Waals surface area contributed by atoms with Crippen molar-refractivity contribution in [3.05, 3.63) is 77.1 Å². The minimum Gasteiger partial charge on any atom is -0.348 e. The minimum absolute atomic E-state index is 0.0277. The molecule has 1 heterocycles. The number of aromatic nitrogens is 2. The quantitative estimate of drug-likeness (QED) is 0.572. The average molecular weight is 411 g/mol. The molecule has 0 atom stereocenters. The summed E-state index contributed by atoms with van der Waals surface area (Å²) in [7, 11) is -3.73. The van der Waals surface area contributed by atoms with Crippen LogP contribution in [0.15, 0.2) is 59.5 Å². The van der Waals surface area contributed by atoms with Gasteiger partial charge in [0.2, 0.25) is 16.0 Å². The van der Waals surface area contributed by atoms with Gasteiger partial charge in [-0.3, -0.25) is 4.79 Å². The fourth-order valence-corrected chi connectivity index (χ4v) is 3.25. The van der Waals surface area contributed by atoms with Crippen molar-refractivity contribution in [2.24, 2.45) is 5.14 Å². The Morgan fingerprint density at radius 1 is 1.00 bits per heavy atom. The van der Waals surface area contributed by atoms with Gasteiger partial charge in [-0.2, -0.15) is 0 Å². The van der Waals surface area contributed by atoms with E-state index in [1.54, 1.807) is 30.3 Å². The van der Waals surface area contributed by atoms with Crippen LogP contribution in [0.1, 0.15) is 27.3 Å². The Balaban J connectivity index is 1.66. The van der Waals surface area contributed by atoms with Gasteiger partial charge in [0.15, 0.2) is 0 Å². The van der Waals surface area contributed by atoms with Gasteiger partial charge in [-0.25, -0.2) is 23.5 Å². The summed E-state index contributed by atoms with van der Waals surface area (Å²) in [5, 5.41) is 11.0. The van der Waals surface area contributed by atoms with Crippen LogP contribution in [-0.2, 0) is 16.6 Å². The summed E-state index contributed by atoms with van der Waals surface area (Å²) in [6.45, 7) is 4.03. The van der Waals surface area contributed by atoms with E-state index >= 15 is 0 Å². The van der Waals surface area contributed by atoms with Gasteiger partial charge in [-0.05, 0) is 55.8 Å². The van der Waals surface area contributed by atoms with Crippen LogP contribution in [0.25, 0.3) is 0 Å². The number of carbonyl (C=O) groups is 1. The second kappa shape index (κ2) is 8.38. The first-order valence-electron chi connectivity index (χ1n) is 8.80. The number of carbonyl (C=O) groups excluding carboxylic acids is 1. The molecule has 29 heavy (non-hydrogen) atoms. The molecule has 0 aliphatic heterocycles. The summed E-state index contributed by atoms with van der Waals surface area (Å²) in [5.74, 6) is 0.209. The van der Waals surface area contributed by atoms with Crippen LogP contribution in [0.4, 0.5) is 11.6 Å². The number of benzene rings is 2. The van der Waals surface area contributed by atoms with Gasteiger partial charge in [0.1, 0.15) is 0 Å². The Labute approximate surface area is 169 Å². The monoisotopic (exact) mass is 411 g/mol. The molecule has 0 fully saturated rings. The van der Waals surface area contributed by atoms with E-state index in [2.05, 4.69) is 20.6 Å². The van der Waals surface area contributed by atoms with Gasteiger partial charge in [0, 0.05) is 29.2 Å². The van der Waals surface area contributed by atoms with Crippen molar-refractivity contribution in [3.63, 3.8) is 0 Å². The number of anilines is 2. The van der Waals surface area contributed by atoms with Crippen molar-refractivity contribution in [2.75, 3.05) is 5.32 Å². The molecule has 8 nitrogen and oxygen atoms in total. The van der Waals surface area contributed by atoms with Crippen LogP contribution in [-0.4, -0.2) is 24.3 Å². The highest BCUT2D eigenvalue weighted by Gasteiger charge is 2.09. The van der Waals surface area contributed by atoms with Crippen LogP contribution in [0.2, 0.25) is 0 Å². The molecule has 0 saturated carbocycles. The number of sulfonamides is 1. The minimum atomic E-state index is -3.73. The number of nitrogens with two attached hydrogens (primary N) is 1. The van der Waals surface area contributed by atoms with Crippen molar-refractivity contribution < 1.29 is 13.2 Å². The van der Waals surface area contributed by atoms with Gasteiger partial charge >= 0.3 is 0 Å². The van der Waals surface area contributed by atoms with Crippen molar-refractivity contribution in [2.45, 2.75) is 25.3 Å². The molecule has 0 radical (unpaired) electrons. The molecule has 1 aromatic heterocycles. The topological polar surface area (TPSA) is 127 Å². The highest BCUT2D eigenvalue weighted by atomic mass is 32.2. The summed E-state index contributed by atoms with van der Waals surface area (Å²) in [6.07, 6.45) is 0. The summed E-state index contributed by atoms with van der Waals surface area (Å²) < 4.78 is 22.6. The second-order valence-electron chi connectivity index (χ2n) is 6.55. The number of amides is 1. The van der Waals surface area contributed by atoms with Gasteiger partial charge in [0.05, 0.1) is 4.90 Å². The van der Waals surface area contributed by atoms with Crippen molar-refractivity contribution >= 4 is 27.6 Å². The number of aryl methyl sites for hydroxylation is 2. The maximum absolute atomic E-state index is 12.5. The number of nitrogens with zero attached hydrogens (tertiary/aromatic N) is 2. The number of hydrogen-bond donors (Lipinski definition) is 3. The molecule has 4 N–H and O–H groups in total. The first-order chi connectivity index (χ1) is 13.7. The SMILES string of the molecule is Cc1cc(C)nc(Nc2cccc(C(=O)NCc3ccc(S(N)(=O)=O)cc3)c2)n1. The van der Waals surface area contributed by atoms with E-state index in [0.29, 0.717) is 17.2 Å². The predicted molar refractivity (Wildman–Crippen MR) is 110 cm³/mol. The predicted octanol–water partition coefficient (Wildman–Crippen LogP) is 2.41. The fourth-order valence-electron chi connectivity index (χ4n) is 2.73. The zero-order chi connectivity index (χ0) is 21.0. The highest BCUT2D eigenvalue weighted by molar-refractivity contribution is 7.89. The van der Waals surface area contributed by atoms with Gasteiger partial charge < -0.3 is 10.6 Å². The van der Waals surface area contributed by atoms with Crippen LogP contribution < -0.4 is 15.8 Å². The molecule has 2 aromatic carbocycles. The lowest BCUT2D eigenvalue weighted by Crippen LogP contribution is -2.23. The molecule has 3 aromatic rings. The average Bonchev–Trinajstić information content (AvgIpc) is 2.65. The summed E-state index contributed by atoms with van der Waals surface area (Å²) in [5.41, 5.74) is 3.62. The van der Waals surface area contributed by atoms with Crippen molar-refractivity contribution in [1.82, 2.24) is 15.3 Å². The lowest BCUT2D eigenvalue weighted by molar-refractivity contribution is 0.0951. The van der Waals surface area contributed by atoms with E-state index in [9.17, 15) is 13.2 Å². The van der Waals surface area contributed by atoms with Gasteiger partial charge in [-0.15, -0.1) is 0 Å². The Kier molecular flexibility index (Phi) is 5.90. The summed E-state index contributed by atoms with van der Waals surface area (Å²) in [4.78, 5) is 21.2. The molecule has 0 bridgehead atoms. The molecule has 0 aliphatic rings. The molecule has 150 valence electrons. The largest absolute Gasteiger partial charge is 0.348 e. The standard InChI is InChI=1S/C20H21N5O3S/c1-13-10-14(2)24-20(23-13)25-17-5-3-4-16(11-17)19(26)22-12-15-6-8-18(9-7-15)29(21,27)28/h3-11H,12H2,1-2H3,(H,22,26)(H2,21,27,28)(H,23,24,25). The summed E-state index contributed by atoms with van der Waals surface area (Å²) in [6, 6.07) is 14.9. The van der Waals surface area contributed by atoms with E-state index in [1.165, 1.54) is 12.1 Å². The van der Waals surface area contributed by atoms with E-state index < -0.39 is 10.0 Å². The number of nitrogens with one attached hydrogen (secondary N) is 2.